The highest BCUT2D eigenvalue weighted by Gasteiger charge is 2.30. The molecule has 1 saturated carbocycles. The van der Waals surface area contributed by atoms with E-state index in [1.165, 1.54) is 0 Å². The van der Waals surface area contributed by atoms with Crippen LogP contribution in [0.1, 0.15) is 45.3 Å². The SMILES string of the molecule is CC(C)(C)c1cc(NC(=O)Nc2ccc(OCCN3CCOCC3)c3ccccc23)n(C2CC2)n1. The standard InChI is InChI=1S/C27H35N5O3/c1-27(2,3)24-18-25(32(30-24)19-8-9-19)29-26(33)28-22-10-11-23(21-7-5-4-6-20(21)22)35-17-14-31-12-15-34-16-13-31/h4-7,10-11,18-19H,8-9,12-17H2,1-3H3,(H2,28,29,33). The highest BCUT2D eigenvalue weighted by atomic mass is 16.5. The van der Waals surface area contributed by atoms with Crippen LogP contribution in [0, 0.1) is 0 Å². The molecular formula is C27H35N5O3. The monoisotopic (exact) mass is 477 g/mol. The number of fused-ring (bicyclic) bond motifs is 1. The quantitative estimate of drug-likeness (QED) is 0.499. The van der Waals surface area contributed by atoms with Gasteiger partial charge in [0.15, 0.2) is 0 Å². The number of morpholine rings is 1. The third kappa shape index (κ3) is 5.60. The Kier molecular flexibility index (Phi) is 6.67. The zero-order chi connectivity index (χ0) is 24.4. The van der Waals surface area contributed by atoms with Gasteiger partial charge in [-0.05, 0) is 25.0 Å². The number of carbonyl (C=O) groups excluding carboxylic acids is 1. The van der Waals surface area contributed by atoms with Gasteiger partial charge in [0.05, 0.1) is 30.6 Å². The molecule has 5 rings (SSSR count). The first-order valence-corrected chi connectivity index (χ1v) is 12.5. The molecule has 2 heterocycles. The van der Waals surface area contributed by atoms with E-state index in [1.807, 2.05) is 47.1 Å². The van der Waals surface area contributed by atoms with E-state index >= 15 is 0 Å². The minimum atomic E-state index is -0.279. The Morgan fingerprint density at radius 1 is 1.09 bits per heavy atom. The fourth-order valence-corrected chi connectivity index (χ4v) is 4.34. The van der Waals surface area contributed by atoms with E-state index in [9.17, 15) is 4.79 Å². The maximum Gasteiger partial charge on any atom is 0.324 e. The summed E-state index contributed by atoms with van der Waals surface area (Å²) in [6, 6.07) is 13.9. The van der Waals surface area contributed by atoms with Gasteiger partial charge in [-0.25, -0.2) is 9.48 Å². The van der Waals surface area contributed by atoms with Gasteiger partial charge in [0.25, 0.3) is 0 Å². The van der Waals surface area contributed by atoms with E-state index in [0.29, 0.717) is 12.6 Å². The fraction of sp³-hybridized carbons (Fsp3) is 0.481. The summed E-state index contributed by atoms with van der Waals surface area (Å²) < 4.78 is 13.5. The molecule has 0 atom stereocenters. The van der Waals surface area contributed by atoms with E-state index in [2.05, 4.69) is 36.3 Å². The lowest BCUT2D eigenvalue weighted by Crippen LogP contribution is -2.38. The smallest absolute Gasteiger partial charge is 0.324 e. The number of nitrogens with zero attached hydrogens (tertiary/aromatic N) is 3. The van der Waals surface area contributed by atoms with Crippen LogP contribution in [-0.2, 0) is 10.2 Å². The van der Waals surface area contributed by atoms with E-state index in [0.717, 1.165) is 79.4 Å². The Morgan fingerprint density at radius 3 is 2.54 bits per heavy atom. The second-order valence-corrected chi connectivity index (χ2v) is 10.4. The number of aromatic nitrogens is 2. The number of nitrogens with one attached hydrogen (secondary N) is 2. The van der Waals surface area contributed by atoms with Crippen molar-refractivity contribution in [2.24, 2.45) is 0 Å². The van der Waals surface area contributed by atoms with E-state index in [4.69, 9.17) is 14.6 Å². The fourth-order valence-electron chi connectivity index (χ4n) is 4.34. The van der Waals surface area contributed by atoms with Gasteiger partial charge < -0.3 is 14.8 Å². The van der Waals surface area contributed by atoms with E-state index in [1.54, 1.807) is 0 Å². The molecule has 1 aliphatic carbocycles. The van der Waals surface area contributed by atoms with Gasteiger partial charge >= 0.3 is 6.03 Å². The third-order valence-electron chi connectivity index (χ3n) is 6.54. The Balaban J connectivity index is 1.28. The normalized spacial score (nSPS) is 16.9. The van der Waals surface area contributed by atoms with Crippen LogP contribution in [0.3, 0.4) is 0 Å². The van der Waals surface area contributed by atoms with Crippen LogP contribution in [0.25, 0.3) is 10.8 Å². The van der Waals surface area contributed by atoms with Crippen molar-refractivity contribution in [1.29, 1.82) is 0 Å². The molecule has 0 bridgehead atoms. The van der Waals surface area contributed by atoms with Crippen molar-refractivity contribution in [1.82, 2.24) is 14.7 Å². The first kappa shape index (κ1) is 23.6. The summed E-state index contributed by atoms with van der Waals surface area (Å²) in [5.41, 5.74) is 1.64. The van der Waals surface area contributed by atoms with Crippen molar-refractivity contribution >= 4 is 28.3 Å². The van der Waals surface area contributed by atoms with Crippen molar-refractivity contribution < 1.29 is 14.3 Å². The van der Waals surface area contributed by atoms with Crippen molar-refractivity contribution in [2.75, 3.05) is 50.1 Å². The molecule has 8 nitrogen and oxygen atoms in total. The zero-order valence-electron chi connectivity index (χ0n) is 20.8. The van der Waals surface area contributed by atoms with Crippen LogP contribution in [0.5, 0.6) is 5.75 Å². The van der Waals surface area contributed by atoms with Gasteiger partial charge in [-0.3, -0.25) is 10.2 Å². The molecule has 0 spiro atoms. The lowest BCUT2D eigenvalue weighted by atomic mass is 9.92. The maximum atomic E-state index is 13.0. The maximum absolute atomic E-state index is 13.0. The molecule has 3 aromatic rings. The van der Waals surface area contributed by atoms with E-state index in [-0.39, 0.29) is 11.4 Å². The van der Waals surface area contributed by atoms with Crippen LogP contribution < -0.4 is 15.4 Å². The number of hydrogen-bond donors (Lipinski definition) is 2. The average Bonchev–Trinajstić information content (AvgIpc) is 3.60. The van der Waals surface area contributed by atoms with Crippen molar-refractivity contribution in [3.05, 3.63) is 48.2 Å². The number of amides is 2. The number of carbonyl (C=O) groups is 1. The minimum Gasteiger partial charge on any atom is -0.492 e. The summed E-state index contributed by atoms with van der Waals surface area (Å²) in [6.45, 7) is 11.3. The molecule has 1 saturated heterocycles. The Hall–Kier alpha value is -3.10. The van der Waals surface area contributed by atoms with Crippen molar-refractivity contribution in [3.8, 4) is 5.75 Å². The zero-order valence-corrected chi connectivity index (χ0v) is 20.8. The molecule has 2 amide bonds. The molecule has 1 aliphatic heterocycles. The number of rotatable bonds is 7. The van der Waals surface area contributed by atoms with Gasteiger partial charge in [0.2, 0.25) is 0 Å². The van der Waals surface area contributed by atoms with Gasteiger partial charge in [-0.15, -0.1) is 0 Å². The summed E-state index contributed by atoms with van der Waals surface area (Å²) in [4.78, 5) is 15.4. The molecule has 186 valence electrons. The Labute approximate surface area is 206 Å². The molecule has 0 radical (unpaired) electrons. The highest BCUT2D eigenvalue weighted by Crippen LogP contribution is 2.38. The number of hydrogen-bond acceptors (Lipinski definition) is 5. The lowest BCUT2D eigenvalue weighted by Gasteiger charge is -2.26. The topological polar surface area (TPSA) is 80.6 Å². The molecule has 2 aliphatic rings. The van der Waals surface area contributed by atoms with Crippen LogP contribution in [0.4, 0.5) is 16.3 Å². The average molecular weight is 478 g/mol. The van der Waals surface area contributed by atoms with Gasteiger partial charge in [-0.2, -0.15) is 5.10 Å². The predicted molar refractivity (Wildman–Crippen MR) is 139 cm³/mol. The molecule has 2 fully saturated rings. The second kappa shape index (κ2) is 9.87. The number of anilines is 2. The summed E-state index contributed by atoms with van der Waals surface area (Å²) in [7, 11) is 0. The van der Waals surface area contributed by atoms with Crippen molar-refractivity contribution in [3.63, 3.8) is 0 Å². The minimum absolute atomic E-state index is 0.0825. The van der Waals surface area contributed by atoms with Crippen LogP contribution in [-0.4, -0.2) is 60.2 Å². The third-order valence-corrected chi connectivity index (χ3v) is 6.54. The number of urea groups is 1. The van der Waals surface area contributed by atoms with Crippen LogP contribution in [0.2, 0.25) is 0 Å². The molecule has 8 heteroatoms. The molecule has 35 heavy (non-hydrogen) atoms. The van der Waals surface area contributed by atoms with Crippen LogP contribution in [0.15, 0.2) is 42.5 Å². The molecule has 2 N–H and O–H groups in total. The number of ether oxygens (including phenoxy) is 2. The first-order valence-electron chi connectivity index (χ1n) is 12.5. The molecule has 0 unspecified atom stereocenters. The second-order valence-electron chi connectivity index (χ2n) is 10.4. The summed E-state index contributed by atoms with van der Waals surface area (Å²) in [6.07, 6.45) is 2.19. The Bertz CT molecular complexity index is 1190. The summed E-state index contributed by atoms with van der Waals surface area (Å²) in [5.74, 6) is 1.56. The molecule has 2 aromatic carbocycles. The summed E-state index contributed by atoms with van der Waals surface area (Å²) in [5, 5.41) is 12.8. The predicted octanol–water partition coefficient (Wildman–Crippen LogP) is 5.02. The van der Waals surface area contributed by atoms with E-state index < -0.39 is 0 Å². The van der Waals surface area contributed by atoms with Crippen LogP contribution >= 0.6 is 0 Å². The van der Waals surface area contributed by atoms with Gasteiger partial charge in [0, 0.05) is 41.9 Å². The van der Waals surface area contributed by atoms with Crippen molar-refractivity contribution in [2.45, 2.75) is 45.1 Å². The Morgan fingerprint density at radius 2 is 1.83 bits per heavy atom. The number of benzene rings is 2. The largest absolute Gasteiger partial charge is 0.492 e. The highest BCUT2D eigenvalue weighted by molar-refractivity contribution is 6.07. The molecule has 1 aromatic heterocycles. The van der Waals surface area contributed by atoms with Gasteiger partial charge in [-0.1, -0.05) is 45.0 Å². The summed E-state index contributed by atoms with van der Waals surface area (Å²) >= 11 is 0. The first-order chi connectivity index (χ1) is 16.9. The molecular weight excluding hydrogens is 442 g/mol. The lowest BCUT2D eigenvalue weighted by molar-refractivity contribution is 0.0323. The van der Waals surface area contributed by atoms with Gasteiger partial charge in [0.1, 0.15) is 18.2 Å².